The second-order valence-corrected chi connectivity index (χ2v) is 4.67. The largest absolute Gasteiger partial charge is 0.379 e. The highest BCUT2D eigenvalue weighted by molar-refractivity contribution is 4.52. The Bertz CT molecular complexity index is 148. The van der Waals surface area contributed by atoms with Crippen LogP contribution in [0.1, 0.15) is 41.0 Å². The van der Waals surface area contributed by atoms with Crippen LogP contribution in [0.4, 0.5) is 0 Å². The normalized spacial score (nSPS) is 15.4. The van der Waals surface area contributed by atoms with Gasteiger partial charge in [-0.15, -0.1) is 0 Å². The lowest BCUT2D eigenvalue weighted by molar-refractivity contribution is -0.0555. The first-order valence-corrected chi connectivity index (χ1v) is 6.37. The molecule has 0 aromatic rings. The highest BCUT2D eigenvalue weighted by Gasteiger charge is 2.06. The maximum absolute atomic E-state index is 5.61. The highest BCUT2D eigenvalue weighted by Crippen LogP contribution is 2.01. The van der Waals surface area contributed by atoms with E-state index in [0.29, 0.717) is 19.1 Å². The van der Waals surface area contributed by atoms with Crippen molar-refractivity contribution in [3.63, 3.8) is 0 Å². The Morgan fingerprint density at radius 2 is 1.50 bits per heavy atom. The Morgan fingerprint density at radius 1 is 0.875 bits per heavy atom. The Kier molecular flexibility index (Phi) is 9.99. The Balaban J connectivity index is 3.33. The molecule has 3 heteroatoms. The van der Waals surface area contributed by atoms with E-state index in [1.165, 1.54) is 0 Å². The lowest BCUT2D eigenvalue weighted by Crippen LogP contribution is -2.23. The van der Waals surface area contributed by atoms with E-state index in [2.05, 4.69) is 13.8 Å². The summed E-state index contributed by atoms with van der Waals surface area (Å²) in [6.45, 7) is 13.3. The summed E-state index contributed by atoms with van der Waals surface area (Å²) in [6.07, 6.45) is 1.43. The zero-order chi connectivity index (χ0) is 12.4. The standard InChI is InChI=1S/C13H28O3/c1-6-15-13(5)10-16-12(4)9-14-8-7-11(2)3/h11-13H,6-10H2,1-5H3. The van der Waals surface area contributed by atoms with Gasteiger partial charge in [0.15, 0.2) is 0 Å². The summed E-state index contributed by atoms with van der Waals surface area (Å²) in [6, 6.07) is 0. The minimum Gasteiger partial charge on any atom is -0.379 e. The summed E-state index contributed by atoms with van der Waals surface area (Å²) in [5, 5.41) is 0. The Labute approximate surface area is 100 Å². The zero-order valence-corrected chi connectivity index (χ0v) is 11.5. The van der Waals surface area contributed by atoms with Gasteiger partial charge in [0.25, 0.3) is 0 Å². The van der Waals surface area contributed by atoms with Crippen molar-refractivity contribution >= 4 is 0 Å². The van der Waals surface area contributed by atoms with Crippen LogP contribution in [-0.4, -0.2) is 38.6 Å². The van der Waals surface area contributed by atoms with Crippen molar-refractivity contribution < 1.29 is 14.2 Å². The van der Waals surface area contributed by atoms with Gasteiger partial charge >= 0.3 is 0 Å². The minimum atomic E-state index is 0.148. The maximum atomic E-state index is 5.61. The molecule has 0 heterocycles. The lowest BCUT2D eigenvalue weighted by Gasteiger charge is -2.17. The molecular formula is C13H28O3. The van der Waals surface area contributed by atoms with E-state index >= 15 is 0 Å². The molecule has 0 aliphatic rings. The van der Waals surface area contributed by atoms with Crippen molar-refractivity contribution in [3.05, 3.63) is 0 Å². The SMILES string of the molecule is CCOC(C)COC(C)COCCC(C)C. The van der Waals surface area contributed by atoms with Crippen LogP contribution in [0.2, 0.25) is 0 Å². The fraction of sp³-hybridized carbons (Fsp3) is 1.00. The van der Waals surface area contributed by atoms with Crippen LogP contribution in [-0.2, 0) is 14.2 Å². The maximum Gasteiger partial charge on any atom is 0.0781 e. The average Bonchev–Trinajstić information content (AvgIpc) is 2.22. The van der Waals surface area contributed by atoms with Gasteiger partial charge in [0, 0.05) is 13.2 Å². The molecule has 0 radical (unpaired) electrons. The monoisotopic (exact) mass is 232 g/mol. The molecule has 0 saturated carbocycles. The molecule has 3 nitrogen and oxygen atoms in total. The molecule has 0 bridgehead atoms. The van der Waals surface area contributed by atoms with E-state index in [1.807, 2.05) is 20.8 Å². The average molecular weight is 232 g/mol. The third-order valence-corrected chi connectivity index (χ3v) is 2.26. The number of ether oxygens (including phenoxy) is 3. The van der Waals surface area contributed by atoms with Gasteiger partial charge < -0.3 is 14.2 Å². The molecule has 0 aliphatic heterocycles. The van der Waals surface area contributed by atoms with Gasteiger partial charge in [-0.05, 0) is 33.1 Å². The van der Waals surface area contributed by atoms with Crippen molar-refractivity contribution in [3.8, 4) is 0 Å². The summed E-state index contributed by atoms with van der Waals surface area (Å²) in [7, 11) is 0. The van der Waals surface area contributed by atoms with Crippen molar-refractivity contribution in [2.45, 2.75) is 53.2 Å². The molecule has 0 amide bonds. The molecule has 16 heavy (non-hydrogen) atoms. The van der Waals surface area contributed by atoms with Crippen LogP contribution in [0.5, 0.6) is 0 Å². The quantitative estimate of drug-likeness (QED) is 0.542. The Hall–Kier alpha value is -0.120. The topological polar surface area (TPSA) is 27.7 Å². The molecule has 0 N–H and O–H groups in total. The summed E-state index contributed by atoms with van der Waals surface area (Å²) in [5.74, 6) is 0.703. The minimum absolute atomic E-state index is 0.148. The molecule has 2 atom stereocenters. The van der Waals surface area contributed by atoms with E-state index in [4.69, 9.17) is 14.2 Å². The first-order valence-electron chi connectivity index (χ1n) is 6.37. The van der Waals surface area contributed by atoms with Gasteiger partial charge in [-0.1, -0.05) is 13.8 Å². The van der Waals surface area contributed by atoms with Crippen LogP contribution in [0.15, 0.2) is 0 Å². The van der Waals surface area contributed by atoms with Crippen LogP contribution < -0.4 is 0 Å². The van der Waals surface area contributed by atoms with Crippen molar-refractivity contribution in [2.24, 2.45) is 5.92 Å². The van der Waals surface area contributed by atoms with Gasteiger partial charge in [0.05, 0.1) is 25.4 Å². The van der Waals surface area contributed by atoms with E-state index in [-0.39, 0.29) is 12.2 Å². The van der Waals surface area contributed by atoms with E-state index < -0.39 is 0 Å². The second-order valence-electron chi connectivity index (χ2n) is 4.67. The molecule has 0 rings (SSSR count). The zero-order valence-electron chi connectivity index (χ0n) is 11.5. The first kappa shape index (κ1) is 15.9. The van der Waals surface area contributed by atoms with Gasteiger partial charge in [0.2, 0.25) is 0 Å². The van der Waals surface area contributed by atoms with Crippen molar-refractivity contribution in [2.75, 3.05) is 26.4 Å². The number of hydrogen-bond donors (Lipinski definition) is 0. The molecule has 0 aliphatic carbocycles. The highest BCUT2D eigenvalue weighted by atomic mass is 16.6. The van der Waals surface area contributed by atoms with Crippen molar-refractivity contribution in [1.82, 2.24) is 0 Å². The number of hydrogen-bond acceptors (Lipinski definition) is 3. The lowest BCUT2D eigenvalue weighted by atomic mass is 10.1. The fourth-order valence-corrected chi connectivity index (χ4v) is 1.25. The summed E-state index contributed by atoms with van der Waals surface area (Å²) >= 11 is 0. The molecule has 0 saturated heterocycles. The molecule has 0 spiro atoms. The summed E-state index contributed by atoms with van der Waals surface area (Å²) in [5.41, 5.74) is 0. The van der Waals surface area contributed by atoms with Crippen LogP contribution in [0, 0.1) is 5.92 Å². The smallest absolute Gasteiger partial charge is 0.0781 e. The summed E-state index contributed by atoms with van der Waals surface area (Å²) in [4.78, 5) is 0. The predicted octanol–water partition coefficient (Wildman–Crippen LogP) is 2.88. The van der Waals surface area contributed by atoms with E-state index in [1.54, 1.807) is 0 Å². The summed E-state index contributed by atoms with van der Waals surface area (Å²) < 4.78 is 16.5. The second kappa shape index (κ2) is 10.1. The van der Waals surface area contributed by atoms with Crippen molar-refractivity contribution in [1.29, 1.82) is 0 Å². The van der Waals surface area contributed by atoms with Gasteiger partial charge in [-0.25, -0.2) is 0 Å². The molecule has 0 aromatic heterocycles. The molecular weight excluding hydrogens is 204 g/mol. The molecule has 2 unspecified atom stereocenters. The predicted molar refractivity (Wildman–Crippen MR) is 66.8 cm³/mol. The first-order chi connectivity index (χ1) is 7.56. The van der Waals surface area contributed by atoms with Crippen LogP contribution in [0.25, 0.3) is 0 Å². The fourth-order valence-electron chi connectivity index (χ4n) is 1.25. The third kappa shape index (κ3) is 10.4. The van der Waals surface area contributed by atoms with Crippen LogP contribution >= 0.6 is 0 Å². The van der Waals surface area contributed by atoms with E-state index in [9.17, 15) is 0 Å². The van der Waals surface area contributed by atoms with Gasteiger partial charge in [0.1, 0.15) is 0 Å². The molecule has 0 fully saturated rings. The van der Waals surface area contributed by atoms with E-state index in [0.717, 1.165) is 19.6 Å². The van der Waals surface area contributed by atoms with Gasteiger partial charge in [-0.2, -0.15) is 0 Å². The molecule has 0 aromatic carbocycles. The number of rotatable bonds is 10. The molecule has 98 valence electrons. The third-order valence-electron chi connectivity index (χ3n) is 2.26. The van der Waals surface area contributed by atoms with Crippen LogP contribution in [0.3, 0.4) is 0 Å². The Morgan fingerprint density at radius 3 is 2.06 bits per heavy atom. The van der Waals surface area contributed by atoms with Gasteiger partial charge in [-0.3, -0.25) is 0 Å².